The number of anilines is 1. The summed E-state index contributed by atoms with van der Waals surface area (Å²) in [5.41, 5.74) is 1.58. The molecule has 17 heteroatoms. The number of piperidine rings is 1. The molecule has 3 fully saturated rings. The molecule has 0 radical (unpaired) electrons. The van der Waals surface area contributed by atoms with Gasteiger partial charge in [-0.1, -0.05) is 71.1 Å². The number of carbonyl (C=O) groups excluding carboxylic acids is 6. The van der Waals surface area contributed by atoms with Gasteiger partial charge in [-0.05, 0) is 131 Å². The topological polar surface area (TPSA) is 214 Å². The van der Waals surface area contributed by atoms with E-state index < -0.39 is 108 Å². The zero-order valence-electron chi connectivity index (χ0n) is 45.7. The lowest BCUT2D eigenvalue weighted by Gasteiger charge is -2.42. The van der Waals surface area contributed by atoms with Crippen LogP contribution in [-0.4, -0.2) is 133 Å². The second-order valence-electron chi connectivity index (χ2n) is 21.6. The number of cyclic esters (lactones) is 1. The fourth-order valence-electron chi connectivity index (χ4n) is 11.1. The first-order valence-corrected chi connectivity index (χ1v) is 26.8. The zero-order valence-corrected chi connectivity index (χ0v) is 45.7. The molecule has 416 valence electrons. The van der Waals surface area contributed by atoms with Crippen LogP contribution in [-0.2, 0) is 52.4 Å². The smallest absolute Gasteiger partial charge is 0.411 e. The summed E-state index contributed by atoms with van der Waals surface area (Å²) in [7, 11) is 4.46. The van der Waals surface area contributed by atoms with Gasteiger partial charge in [0.1, 0.15) is 42.1 Å². The number of ketones is 3. The highest BCUT2D eigenvalue weighted by molar-refractivity contribution is 6.39. The Morgan fingerprint density at radius 1 is 0.867 bits per heavy atom. The molecule has 1 saturated carbocycles. The van der Waals surface area contributed by atoms with Gasteiger partial charge in [-0.15, -0.1) is 0 Å². The average molecular weight is 1050 g/mol. The molecule has 3 heterocycles. The summed E-state index contributed by atoms with van der Waals surface area (Å²) in [6, 6.07) is 4.10. The Morgan fingerprint density at radius 2 is 1.59 bits per heavy atom. The van der Waals surface area contributed by atoms with E-state index in [2.05, 4.69) is 5.32 Å². The third kappa shape index (κ3) is 16.5. The summed E-state index contributed by atoms with van der Waals surface area (Å²) >= 11 is 0. The van der Waals surface area contributed by atoms with Crippen LogP contribution in [0.4, 0.5) is 14.9 Å². The molecular formula is C58H83FN2O14. The number of hydrogen-bond acceptors (Lipinski definition) is 14. The van der Waals surface area contributed by atoms with Crippen LogP contribution < -0.4 is 5.32 Å². The van der Waals surface area contributed by atoms with Crippen molar-refractivity contribution in [3.63, 3.8) is 0 Å². The number of ether oxygens (including phenoxy) is 6. The molecule has 1 aromatic carbocycles. The van der Waals surface area contributed by atoms with E-state index in [0.717, 1.165) is 5.57 Å². The molecule has 2 bridgehead atoms. The van der Waals surface area contributed by atoms with Crippen molar-refractivity contribution < 1.29 is 71.8 Å². The predicted octanol–water partition coefficient (Wildman–Crippen LogP) is 8.58. The van der Waals surface area contributed by atoms with E-state index in [-0.39, 0.29) is 42.8 Å². The zero-order chi connectivity index (χ0) is 55.1. The van der Waals surface area contributed by atoms with E-state index >= 15 is 0 Å². The third-order valence-electron chi connectivity index (χ3n) is 15.8. The number of Topliss-reactive ketones (excluding diaryl/α,β-unsaturated/α-hetero) is 3. The molecule has 3 N–H and O–H groups in total. The van der Waals surface area contributed by atoms with Crippen molar-refractivity contribution in [1.29, 1.82) is 0 Å². The SMILES string of the molecule is CO[C@H]1C[C@@H]2CC[C@@H](C)[C@@](O)(O2)C(=O)C(=O)N2CCCC[C@H]2C(=O)O[C@H]([C@H](C)C[C@@H]2CC[C@@H](OC(=O)Nc3ccc(F)cc3)[C@H](OC)C2)CC(=O)[C@H](C)/C=C(\C)[C@@H](O)[C@@H](OC)C(=O)[C@H](C)C[C@H](C)/C=C/C=C/C=C/1C. The minimum absolute atomic E-state index is 0.00601. The Kier molecular flexibility index (Phi) is 23.1. The van der Waals surface area contributed by atoms with Gasteiger partial charge in [0.15, 0.2) is 5.78 Å². The molecule has 0 aromatic heterocycles. The van der Waals surface area contributed by atoms with Gasteiger partial charge in [-0.3, -0.25) is 24.5 Å². The van der Waals surface area contributed by atoms with Gasteiger partial charge in [0, 0.05) is 64.2 Å². The average Bonchev–Trinajstić information content (AvgIpc) is 3.38. The van der Waals surface area contributed by atoms with E-state index in [1.807, 2.05) is 51.2 Å². The number of methoxy groups -OCH3 is 3. The lowest BCUT2D eigenvalue weighted by Crippen LogP contribution is -2.61. The summed E-state index contributed by atoms with van der Waals surface area (Å²) in [6.45, 7) is 12.6. The number of amides is 2. The molecule has 4 aliphatic rings. The molecule has 75 heavy (non-hydrogen) atoms. The number of carbonyl (C=O) groups is 6. The Morgan fingerprint density at radius 3 is 2.27 bits per heavy atom. The second kappa shape index (κ2) is 28.5. The Hall–Kier alpha value is -4.91. The molecule has 2 saturated heterocycles. The monoisotopic (exact) mass is 1050 g/mol. The highest BCUT2D eigenvalue weighted by atomic mass is 19.1. The number of nitrogens with one attached hydrogen (secondary N) is 1. The highest BCUT2D eigenvalue weighted by Crippen LogP contribution is 2.38. The molecule has 1 aliphatic carbocycles. The molecule has 1 aromatic rings. The van der Waals surface area contributed by atoms with Crippen LogP contribution in [0.5, 0.6) is 0 Å². The van der Waals surface area contributed by atoms with Crippen molar-refractivity contribution in [2.45, 2.75) is 180 Å². The van der Waals surface area contributed by atoms with Crippen LogP contribution in [0.25, 0.3) is 0 Å². The van der Waals surface area contributed by atoms with Gasteiger partial charge in [0.25, 0.3) is 11.7 Å². The Bertz CT molecular complexity index is 2250. The lowest BCUT2D eigenvalue weighted by molar-refractivity contribution is -0.265. The molecule has 2 amide bonds. The van der Waals surface area contributed by atoms with Crippen LogP contribution in [0.2, 0.25) is 0 Å². The van der Waals surface area contributed by atoms with E-state index in [4.69, 9.17) is 28.4 Å². The first-order chi connectivity index (χ1) is 35.6. The highest BCUT2D eigenvalue weighted by Gasteiger charge is 2.53. The molecule has 3 aliphatic heterocycles. The number of allylic oxidation sites excluding steroid dienone is 6. The Balaban J connectivity index is 1.43. The van der Waals surface area contributed by atoms with Crippen molar-refractivity contribution in [3.8, 4) is 0 Å². The van der Waals surface area contributed by atoms with Crippen LogP contribution in [0.1, 0.15) is 126 Å². The number of rotatable bonds is 8. The molecule has 5 rings (SSSR count). The maximum Gasteiger partial charge on any atom is 0.411 e. The van der Waals surface area contributed by atoms with Gasteiger partial charge in [0.05, 0.1) is 18.3 Å². The first kappa shape index (κ1) is 60.9. The standard InChI is InChI=1S/C58H83FN2O14/c1-34-16-12-11-13-17-35(2)48(70-8)32-44-25-19-40(7)58(69,75-44)54(65)55(66)61-27-15-14-18-45(61)56(67)73-49(33-46(62)36(3)29-39(6)52(64)53(72-10)51(63)38(5)28-34)37(4)30-41-20-26-47(50(31-41)71-9)74-57(68)60-43-23-21-42(59)22-24-43/h11-13,16-17,21-24,29,34,36-38,40-41,44-45,47-50,52-53,64,69H,14-15,18-20,25-28,30-33H2,1-10H3,(H,60,68)/b13-11+,16-12+,35-17+,39-29+/t34-,36-,37-,38-,40-,41+,44+,45+,47-,48+,49+,50-,52-,53+,58-/m1/s1. The quantitative estimate of drug-likeness (QED) is 0.126. The minimum Gasteiger partial charge on any atom is -0.460 e. The molecule has 0 spiro atoms. The number of nitrogens with zero attached hydrogens (tertiary/aromatic N) is 1. The normalized spacial score (nSPS) is 36.4. The van der Waals surface area contributed by atoms with E-state index in [9.17, 15) is 43.4 Å². The number of aliphatic hydroxyl groups excluding tert-OH is 1. The first-order valence-electron chi connectivity index (χ1n) is 26.8. The number of esters is 1. The molecule has 16 nitrogen and oxygen atoms in total. The predicted molar refractivity (Wildman–Crippen MR) is 279 cm³/mol. The second-order valence-corrected chi connectivity index (χ2v) is 21.6. The van der Waals surface area contributed by atoms with Crippen molar-refractivity contribution in [1.82, 2.24) is 4.90 Å². The van der Waals surface area contributed by atoms with Crippen molar-refractivity contribution in [3.05, 3.63) is 77.7 Å². The van der Waals surface area contributed by atoms with Crippen LogP contribution in [0, 0.1) is 41.3 Å². The number of fused-ring (bicyclic) bond motifs is 3. The van der Waals surface area contributed by atoms with Crippen LogP contribution in [0.15, 0.2) is 71.9 Å². The summed E-state index contributed by atoms with van der Waals surface area (Å²) in [5, 5.41) is 26.2. The maximum absolute atomic E-state index is 14.6. The van der Waals surface area contributed by atoms with Crippen molar-refractivity contribution in [2.75, 3.05) is 33.2 Å². The summed E-state index contributed by atoms with van der Waals surface area (Å²) in [5.74, 6) is -9.00. The number of halogens is 1. The molecule has 15 atom stereocenters. The van der Waals surface area contributed by atoms with Crippen LogP contribution >= 0.6 is 0 Å². The van der Waals surface area contributed by atoms with Gasteiger partial charge >= 0.3 is 12.1 Å². The number of hydrogen-bond donors (Lipinski definition) is 3. The fourth-order valence-corrected chi connectivity index (χ4v) is 11.1. The summed E-state index contributed by atoms with van der Waals surface area (Å²) < 4.78 is 49.0. The lowest BCUT2D eigenvalue weighted by atomic mass is 9.78. The number of aliphatic hydroxyl groups is 2. The van der Waals surface area contributed by atoms with Gasteiger partial charge in [-0.25, -0.2) is 14.0 Å². The third-order valence-corrected chi connectivity index (χ3v) is 15.8. The Labute approximate surface area is 442 Å². The van der Waals surface area contributed by atoms with E-state index in [1.54, 1.807) is 40.9 Å². The maximum atomic E-state index is 14.6. The molecular weight excluding hydrogens is 968 g/mol. The van der Waals surface area contributed by atoms with Crippen molar-refractivity contribution in [2.24, 2.45) is 35.5 Å². The van der Waals surface area contributed by atoms with Gasteiger partial charge in [0.2, 0.25) is 5.79 Å². The van der Waals surface area contributed by atoms with Gasteiger partial charge in [-0.2, -0.15) is 0 Å². The largest absolute Gasteiger partial charge is 0.460 e. The van der Waals surface area contributed by atoms with Crippen molar-refractivity contribution >= 4 is 41.0 Å². The molecule has 0 unspecified atom stereocenters. The summed E-state index contributed by atoms with van der Waals surface area (Å²) in [4.78, 5) is 85.4. The van der Waals surface area contributed by atoms with Gasteiger partial charge < -0.3 is 43.5 Å². The van der Waals surface area contributed by atoms with E-state index in [0.29, 0.717) is 75.5 Å². The number of benzene rings is 1. The minimum atomic E-state index is -2.47. The summed E-state index contributed by atoms with van der Waals surface area (Å²) in [6.07, 6.45) is 9.32. The van der Waals surface area contributed by atoms with E-state index in [1.165, 1.54) is 43.4 Å². The van der Waals surface area contributed by atoms with Crippen LogP contribution in [0.3, 0.4) is 0 Å². The fraction of sp³-hybridized carbons (Fsp3) is 0.655.